The molecule has 2 aromatic rings. The molecule has 0 radical (unpaired) electrons. The molecule has 4 nitrogen and oxygen atoms in total. The predicted octanol–water partition coefficient (Wildman–Crippen LogP) is 3.09. The number of piperidine rings is 1. The molecule has 0 unspecified atom stereocenters. The average molecular weight is 313 g/mol. The molecule has 1 aromatic heterocycles. The van der Waals surface area contributed by atoms with Gasteiger partial charge in [0.15, 0.2) is 0 Å². The third kappa shape index (κ3) is 4.14. The Kier molecular flexibility index (Phi) is 5.34. The number of unbranched alkanes of at least 4 members (excludes halogenated alkanes) is 1. The Morgan fingerprint density at radius 3 is 2.87 bits per heavy atom. The summed E-state index contributed by atoms with van der Waals surface area (Å²) >= 11 is 0. The Morgan fingerprint density at radius 1 is 1.30 bits per heavy atom. The SMILES string of the molecule is CCCCN1CCC(NC(=O)Cc2c[nH]c3ccccc23)CC1. The van der Waals surface area contributed by atoms with Gasteiger partial charge in [-0.3, -0.25) is 4.79 Å². The molecule has 1 fully saturated rings. The highest BCUT2D eigenvalue weighted by Crippen LogP contribution is 2.18. The number of H-pyrrole nitrogens is 1. The van der Waals surface area contributed by atoms with E-state index in [-0.39, 0.29) is 5.91 Å². The summed E-state index contributed by atoms with van der Waals surface area (Å²) in [6.45, 7) is 5.65. The van der Waals surface area contributed by atoms with E-state index in [9.17, 15) is 4.79 Å². The van der Waals surface area contributed by atoms with Crippen molar-refractivity contribution in [2.75, 3.05) is 19.6 Å². The van der Waals surface area contributed by atoms with Crippen LogP contribution >= 0.6 is 0 Å². The van der Waals surface area contributed by atoms with Crippen molar-refractivity contribution in [3.05, 3.63) is 36.0 Å². The Bertz CT molecular complexity index is 641. The van der Waals surface area contributed by atoms with Gasteiger partial charge in [-0.15, -0.1) is 0 Å². The van der Waals surface area contributed by atoms with Gasteiger partial charge in [-0.1, -0.05) is 31.5 Å². The van der Waals surface area contributed by atoms with E-state index < -0.39 is 0 Å². The third-order valence-electron chi connectivity index (χ3n) is 4.81. The van der Waals surface area contributed by atoms with Crippen LogP contribution in [0.1, 0.15) is 38.2 Å². The molecule has 23 heavy (non-hydrogen) atoms. The lowest BCUT2D eigenvalue weighted by Crippen LogP contribution is -2.45. The highest BCUT2D eigenvalue weighted by molar-refractivity contribution is 5.88. The number of fused-ring (bicyclic) bond motifs is 1. The summed E-state index contributed by atoms with van der Waals surface area (Å²) in [5.41, 5.74) is 2.18. The van der Waals surface area contributed by atoms with Crippen LogP contribution in [-0.2, 0) is 11.2 Å². The lowest BCUT2D eigenvalue weighted by atomic mass is 10.0. The van der Waals surface area contributed by atoms with E-state index in [1.807, 2.05) is 24.4 Å². The summed E-state index contributed by atoms with van der Waals surface area (Å²) in [4.78, 5) is 18.1. The number of aromatic nitrogens is 1. The van der Waals surface area contributed by atoms with E-state index in [1.54, 1.807) is 0 Å². The molecule has 2 N–H and O–H groups in total. The number of amides is 1. The third-order valence-corrected chi connectivity index (χ3v) is 4.81. The highest BCUT2D eigenvalue weighted by Gasteiger charge is 2.20. The number of rotatable bonds is 6. The van der Waals surface area contributed by atoms with Crippen LogP contribution in [0.5, 0.6) is 0 Å². The topological polar surface area (TPSA) is 48.1 Å². The number of hydrogen-bond acceptors (Lipinski definition) is 2. The number of likely N-dealkylation sites (tertiary alicyclic amines) is 1. The first-order valence-electron chi connectivity index (χ1n) is 8.83. The van der Waals surface area contributed by atoms with Gasteiger partial charge in [0.25, 0.3) is 0 Å². The molecular formula is C19H27N3O. The summed E-state index contributed by atoms with van der Waals surface area (Å²) in [7, 11) is 0. The number of carbonyl (C=O) groups is 1. The molecule has 1 amide bonds. The molecule has 124 valence electrons. The van der Waals surface area contributed by atoms with Crippen molar-refractivity contribution in [3.63, 3.8) is 0 Å². The van der Waals surface area contributed by atoms with Gasteiger partial charge in [-0.25, -0.2) is 0 Å². The Balaban J connectivity index is 1.49. The first kappa shape index (κ1) is 16.1. The summed E-state index contributed by atoms with van der Waals surface area (Å²) < 4.78 is 0. The Hall–Kier alpha value is -1.81. The summed E-state index contributed by atoms with van der Waals surface area (Å²) in [5.74, 6) is 0.141. The van der Waals surface area contributed by atoms with Crippen LogP contribution in [0.15, 0.2) is 30.5 Å². The van der Waals surface area contributed by atoms with Crippen molar-refractivity contribution in [3.8, 4) is 0 Å². The molecule has 1 saturated heterocycles. The van der Waals surface area contributed by atoms with Crippen LogP contribution in [0.4, 0.5) is 0 Å². The van der Waals surface area contributed by atoms with E-state index in [4.69, 9.17) is 0 Å². The number of hydrogen-bond donors (Lipinski definition) is 2. The molecule has 1 aliphatic heterocycles. The molecule has 0 aliphatic carbocycles. The second-order valence-electron chi connectivity index (χ2n) is 6.57. The molecule has 1 aliphatic rings. The van der Waals surface area contributed by atoms with Gasteiger partial charge in [0.1, 0.15) is 0 Å². The fraction of sp³-hybridized carbons (Fsp3) is 0.526. The minimum absolute atomic E-state index is 0.141. The molecule has 0 saturated carbocycles. The fourth-order valence-corrected chi connectivity index (χ4v) is 3.41. The first-order chi connectivity index (χ1) is 11.3. The van der Waals surface area contributed by atoms with E-state index >= 15 is 0 Å². The monoisotopic (exact) mass is 313 g/mol. The van der Waals surface area contributed by atoms with Crippen molar-refractivity contribution in [1.82, 2.24) is 15.2 Å². The van der Waals surface area contributed by atoms with Crippen LogP contribution in [0.25, 0.3) is 10.9 Å². The van der Waals surface area contributed by atoms with Crippen molar-refractivity contribution >= 4 is 16.8 Å². The summed E-state index contributed by atoms with van der Waals surface area (Å²) in [6.07, 6.45) is 7.09. The molecule has 0 atom stereocenters. The second kappa shape index (κ2) is 7.64. The highest BCUT2D eigenvalue weighted by atomic mass is 16.1. The van der Waals surface area contributed by atoms with Gasteiger partial charge in [0.05, 0.1) is 6.42 Å². The zero-order valence-corrected chi connectivity index (χ0v) is 14.0. The van der Waals surface area contributed by atoms with Crippen LogP contribution < -0.4 is 5.32 Å². The van der Waals surface area contributed by atoms with E-state index in [2.05, 4.69) is 28.2 Å². The van der Waals surface area contributed by atoms with Crippen molar-refractivity contribution in [1.29, 1.82) is 0 Å². The number of nitrogens with zero attached hydrogens (tertiary/aromatic N) is 1. The summed E-state index contributed by atoms with van der Waals surface area (Å²) in [6, 6.07) is 8.48. The fourth-order valence-electron chi connectivity index (χ4n) is 3.41. The molecule has 4 heteroatoms. The predicted molar refractivity (Wildman–Crippen MR) is 94.5 cm³/mol. The first-order valence-corrected chi connectivity index (χ1v) is 8.83. The average Bonchev–Trinajstić information content (AvgIpc) is 2.97. The maximum Gasteiger partial charge on any atom is 0.224 e. The van der Waals surface area contributed by atoms with E-state index in [0.29, 0.717) is 12.5 Å². The summed E-state index contributed by atoms with van der Waals surface area (Å²) in [5, 5.41) is 4.37. The Labute approximate surface area is 138 Å². The van der Waals surface area contributed by atoms with Gasteiger partial charge in [0.2, 0.25) is 5.91 Å². The number of para-hydroxylation sites is 1. The number of aromatic amines is 1. The van der Waals surface area contributed by atoms with Gasteiger partial charge in [0, 0.05) is 36.2 Å². The molecule has 1 aromatic carbocycles. The second-order valence-corrected chi connectivity index (χ2v) is 6.57. The minimum atomic E-state index is 0.141. The van der Waals surface area contributed by atoms with E-state index in [0.717, 1.165) is 42.4 Å². The lowest BCUT2D eigenvalue weighted by molar-refractivity contribution is -0.121. The van der Waals surface area contributed by atoms with E-state index in [1.165, 1.54) is 19.4 Å². The number of carbonyl (C=O) groups excluding carboxylic acids is 1. The van der Waals surface area contributed by atoms with Gasteiger partial charge >= 0.3 is 0 Å². The van der Waals surface area contributed by atoms with Crippen molar-refractivity contribution in [2.45, 2.75) is 45.1 Å². The Morgan fingerprint density at radius 2 is 2.09 bits per heavy atom. The number of nitrogens with one attached hydrogen (secondary N) is 2. The molecular weight excluding hydrogens is 286 g/mol. The normalized spacial score (nSPS) is 16.7. The van der Waals surface area contributed by atoms with Crippen molar-refractivity contribution < 1.29 is 4.79 Å². The molecule has 0 bridgehead atoms. The quantitative estimate of drug-likeness (QED) is 0.861. The largest absolute Gasteiger partial charge is 0.361 e. The van der Waals surface area contributed by atoms with Crippen LogP contribution in [0, 0.1) is 0 Å². The van der Waals surface area contributed by atoms with Crippen LogP contribution in [0.2, 0.25) is 0 Å². The minimum Gasteiger partial charge on any atom is -0.361 e. The maximum atomic E-state index is 12.3. The standard InChI is InChI=1S/C19H27N3O/c1-2-3-10-22-11-8-16(9-12-22)21-19(23)13-15-14-20-18-7-5-4-6-17(15)18/h4-7,14,16,20H,2-3,8-13H2,1H3,(H,21,23). The molecule has 2 heterocycles. The van der Waals surface area contributed by atoms with Crippen LogP contribution in [-0.4, -0.2) is 41.5 Å². The maximum absolute atomic E-state index is 12.3. The molecule has 3 rings (SSSR count). The smallest absolute Gasteiger partial charge is 0.224 e. The lowest BCUT2D eigenvalue weighted by Gasteiger charge is -2.32. The molecule has 0 spiro atoms. The van der Waals surface area contributed by atoms with Crippen molar-refractivity contribution in [2.24, 2.45) is 0 Å². The zero-order valence-electron chi connectivity index (χ0n) is 14.0. The van der Waals surface area contributed by atoms with Gasteiger partial charge in [-0.05, 0) is 37.4 Å². The number of benzene rings is 1. The van der Waals surface area contributed by atoms with Gasteiger partial charge in [-0.2, -0.15) is 0 Å². The van der Waals surface area contributed by atoms with Gasteiger partial charge < -0.3 is 15.2 Å². The zero-order chi connectivity index (χ0) is 16.1. The van der Waals surface area contributed by atoms with Crippen LogP contribution in [0.3, 0.4) is 0 Å².